The van der Waals surface area contributed by atoms with Crippen LogP contribution in [0.3, 0.4) is 0 Å². The van der Waals surface area contributed by atoms with E-state index in [-0.39, 0.29) is 5.91 Å². The average molecular weight is 432 g/mol. The molecule has 156 valence electrons. The van der Waals surface area contributed by atoms with Crippen molar-refractivity contribution in [1.82, 2.24) is 29.6 Å². The summed E-state index contributed by atoms with van der Waals surface area (Å²) >= 11 is 1.44. The van der Waals surface area contributed by atoms with E-state index in [0.29, 0.717) is 18.0 Å². The summed E-state index contributed by atoms with van der Waals surface area (Å²) in [7, 11) is 0. The minimum absolute atomic E-state index is 0.0473. The third kappa shape index (κ3) is 3.91. The lowest BCUT2D eigenvalue weighted by Gasteiger charge is -2.35. The first-order valence-corrected chi connectivity index (χ1v) is 10.9. The normalized spacial score (nSPS) is 14.1. The Hall–Kier alpha value is -3.59. The van der Waals surface area contributed by atoms with Crippen LogP contribution in [0.2, 0.25) is 0 Å². The molecule has 5 rings (SSSR count). The van der Waals surface area contributed by atoms with E-state index >= 15 is 0 Å². The molecule has 5 heterocycles. The van der Waals surface area contributed by atoms with E-state index in [1.54, 1.807) is 12.4 Å². The number of thiazole rings is 1. The van der Waals surface area contributed by atoms with Crippen molar-refractivity contribution in [1.29, 1.82) is 0 Å². The van der Waals surface area contributed by atoms with Crippen LogP contribution in [0.25, 0.3) is 16.4 Å². The van der Waals surface area contributed by atoms with Gasteiger partial charge in [0.05, 0.1) is 11.4 Å². The Morgan fingerprint density at radius 1 is 1.00 bits per heavy atom. The molecule has 4 aromatic heterocycles. The highest BCUT2D eigenvalue weighted by Crippen LogP contribution is 2.24. The van der Waals surface area contributed by atoms with Gasteiger partial charge in [0, 0.05) is 56.5 Å². The maximum atomic E-state index is 13.1. The van der Waals surface area contributed by atoms with Crippen LogP contribution in [0.5, 0.6) is 0 Å². The first kappa shape index (κ1) is 19.4. The van der Waals surface area contributed by atoms with Crippen LogP contribution in [-0.4, -0.2) is 61.7 Å². The molecule has 31 heavy (non-hydrogen) atoms. The van der Waals surface area contributed by atoms with Gasteiger partial charge < -0.3 is 14.4 Å². The summed E-state index contributed by atoms with van der Waals surface area (Å²) in [5.41, 5.74) is 2.51. The lowest BCUT2D eigenvalue weighted by molar-refractivity contribution is 0.0750. The van der Waals surface area contributed by atoms with E-state index in [9.17, 15) is 4.79 Å². The number of amides is 1. The summed E-state index contributed by atoms with van der Waals surface area (Å²) in [6.45, 7) is 4.61. The standard InChI is InChI=1S/C22H21N7OS/c1-16-20(31-22(24-16)29-9-2-3-10-29)21(30)28-13-11-27(12-14-28)19-7-6-18(25-26-19)17-5-4-8-23-15-17/h2-10,15H,11-14H2,1H3. The largest absolute Gasteiger partial charge is 0.352 e. The van der Waals surface area contributed by atoms with Crippen molar-refractivity contribution in [2.24, 2.45) is 0 Å². The third-order valence-electron chi connectivity index (χ3n) is 5.30. The first-order chi connectivity index (χ1) is 15.2. The number of nitrogens with zero attached hydrogens (tertiary/aromatic N) is 7. The number of rotatable bonds is 4. The molecule has 1 fully saturated rings. The van der Waals surface area contributed by atoms with Gasteiger partial charge in [0.25, 0.3) is 5.91 Å². The number of hydrogen-bond donors (Lipinski definition) is 0. The second-order valence-corrected chi connectivity index (χ2v) is 8.28. The van der Waals surface area contributed by atoms with Gasteiger partial charge in [-0.15, -0.1) is 10.2 Å². The second kappa shape index (κ2) is 8.27. The fourth-order valence-electron chi connectivity index (χ4n) is 3.60. The number of carbonyl (C=O) groups excluding carboxylic acids is 1. The number of carbonyl (C=O) groups is 1. The Labute approximate surface area is 183 Å². The highest BCUT2D eigenvalue weighted by Gasteiger charge is 2.26. The smallest absolute Gasteiger partial charge is 0.266 e. The van der Waals surface area contributed by atoms with Gasteiger partial charge >= 0.3 is 0 Å². The van der Waals surface area contributed by atoms with Crippen molar-refractivity contribution in [3.05, 3.63) is 71.8 Å². The summed E-state index contributed by atoms with van der Waals surface area (Å²) < 4.78 is 1.93. The monoisotopic (exact) mass is 431 g/mol. The van der Waals surface area contributed by atoms with E-state index in [1.165, 1.54) is 11.3 Å². The maximum absolute atomic E-state index is 13.1. The zero-order chi connectivity index (χ0) is 21.2. The number of anilines is 1. The topological polar surface area (TPSA) is 80.0 Å². The molecule has 1 saturated heterocycles. The van der Waals surface area contributed by atoms with Crippen LogP contribution in [-0.2, 0) is 0 Å². The van der Waals surface area contributed by atoms with E-state index in [1.807, 2.05) is 65.2 Å². The van der Waals surface area contributed by atoms with Crippen molar-refractivity contribution in [2.45, 2.75) is 6.92 Å². The van der Waals surface area contributed by atoms with Crippen molar-refractivity contribution < 1.29 is 4.79 Å². The van der Waals surface area contributed by atoms with E-state index in [2.05, 4.69) is 25.1 Å². The van der Waals surface area contributed by atoms with Gasteiger partial charge in [-0.25, -0.2) is 4.98 Å². The molecule has 0 atom stereocenters. The summed E-state index contributed by atoms with van der Waals surface area (Å²) in [6, 6.07) is 11.7. The second-order valence-electron chi connectivity index (χ2n) is 7.30. The molecule has 0 aliphatic carbocycles. The summed E-state index contributed by atoms with van der Waals surface area (Å²) in [5, 5.41) is 9.54. The molecule has 0 unspecified atom stereocenters. The molecular weight excluding hydrogens is 410 g/mol. The molecular formula is C22H21N7OS. The lowest BCUT2D eigenvalue weighted by Crippen LogP contribution is -2.49. The van der Waals surface area contributed by atoms with Gasteiger partial charge in [-0.3, -0.25) is 9.78 Å². The molecule has 1 aliphatic rings. The van der Waals surface area contributed by atoms with Gasteiger partial charge in [0.15, 0.2) is 10.9 Å². The quantitative estimate of drug-likeness (QED) is 0.494. The lowest BCUT2D eigenvalue weighted by atomic mass is 10.2. The molecule has 9 heteroatoms. The van der Waals surface area contributed by atoms with Crippen LogP contribution in [0.4, 0.5) is 5.82 Å². The van der Waals surface area contributed by atoms with Crippen molar-refractivity contribution in [2.75, 3.05) is 31.1 Å². The molecule has 0 N–H and O–H groups in total. The Bertz CT molecular complexity index is 1160. The van der Waals surface area contributed by atoms with Crippen LogP contribution >= 0.6 is 11.3 Å². The van der Waals surface area contributed by atoms with E-state index in [4.69, 9.17) is 0 Å². The Morgan fingerprint density at radius 2 is 1.81 bits per heavy atom. The Kier molecular flexibility index (Phi) is 5.17. The van der Waals surface area contributed by atoms with Crippen molar-refractivity contribution in [3.8, 4) is 16.4 Å². The van der Waals surface area contributed by atoms with Gasteiger partial charge in [-0.1, -0.05) is 11.3 Å². The molecule has 8 nitrogen and oxygen atoms in total. The van der Waals surface area contributed by atoms with Crippen molar-refractivity contribution in [3.63, 3.8) is 0 Å². The third-order valence-corrected chi connectivity index (χ3v) is 6.46. The highest BCUT2D eigenvalue weighted by molar-refractivity contribution is 7.16. The van der Waals surface area contributed by atoms with Gasteiger partial charge in [0.2, 0.25) is 0 Å². The van der Waals surface area contributed by atoms with Crippen LogP contribution in [0.15, 0.2) is 61.2 Å². The predicted molar refractivity (Wildman–Crippen MR) is 120 cm³/mol. The van der Waals surface area contributed by atoms with Crippen molar-refractivity contribution >= 4 is 23.1 Å². The summed E-state index contributed by atoms with van der Waals surface area (Å²) in [5.74, 6) is 0.870. The molecule has 4 aromatic rings. The van der Waals surface area contributed by atoms with E-state index < -0.39 is 0 Å². The number of piperazine rings is 1. The van der Waals surface area contributed by atoms with Gasteiger partial charge in [-0.05, 0) is 43.3 Å². The van der Waals surface area contributed by atoms with Crippen LogP contribution < -0.4 is 4.90 Å². The Morgan fingerprint density at radius 3 is 2.48 bits per heavy atom. The molecule has 0 bridgehead atoms. The van der Waals surface area contributed by atoms with Gasteiger partial charge in [0.1, 0.15) is 4.88 Å². The van der Waals surface area contributed by atoms with Crippen LogP contribution in [0, 0.1) is 6.92 Å². The minimum Gasteiger partial charge on any atom is -0.352 e. The zero-order valence-electron chi connectivity index (χ0n) is 17.0. The number of aryl methyl sites for hydroxylation is 1. The SMILES string of the molecule is Cc1nc(-n2cccc2)sc1C(=O)N1CCN(c2ccc(-c3cccnc3)nn2)CC1. The fraction of sp³-hybridized carbons (Fsp3) is 0.227. The summed E-state index contributed by atoms with van der Waals surface area (Å²) in [4.78, 5) is 26.5. The Balaban J connectivity index is 1.24. The first-order valence-electron chi connectivity index (χ1n) is 10.1. The maximum Gasteiger partial charge on any atom is 0.266 e. The fourth-order valence-corrected chi connectivity index (χ4v) is 4.60. The van der Waals surface area contributed by atoms with E-state index in [0.717, 1.165) is 41.0 Å². The molecule has 0 saturated carbocycles. The zero-order valence-corrected chi connectivity index (χ0v) is 17.9. The summed E-state index contributed by atoms with van der Waals surface area (Å²) in [6.07, 6.45) is 7.39. The molecule has 0 aromatic carbocycles. The number of hydrogen-bond acceptors (Lipinski definition) is 7. The van der Waals surface area contributed by atoms with Gasteiger partial charge in [-0.2, -0.15) is 0 Å². The average Bonchev–Trinajstić information content (AvgIpc) is 3.49. The molecule has 0 radical (unpaired) electrons. The highest BCUT2D eigenvalue weighted by atomic mass is 32.1. The molecule has 1 amide bonds. The van der Waals surface area contributed by atoms with Crippen LogP contribution in [0.1, 0.15) is 15.4 Å². The number of pyridine rings is 1. The molecule has 0 spiro atoms. The number of aromatic nitrogens is 5. The predicted octanol–water partition coefficient (Wildman–Crippen LogP) is 3.06. The minimum atomic E-state index is 0.0473. The molecule has 1 aliphatic heterocycles.